The summed E-state index contributed by atoms with van der Waals surface area (Å²) < 4.78 is 2.11. The van der Waals surface area contributed by atoms with Crippen molar-refractivity contribution in [3.63, 3.8) is 0 Å². The Morgan fingerprint density at radius 2 is 1.11 bits per heavy atom. The summed E-state index contributed by atoms with van der Waals surface area (Å²) in [6.45, 7) is 0. The Balaban J connectivity index is 1.45. The normalized spacial score (nSPS) is 12.0. The second-order valence-electron chi connectivity index (χ2n) is 9.32. The van der Waals surface area contributed by atoms with E-state index in [0.717, 1.165) is 14.6 Å². The summed E-state index contributed by atoms with van der Waals surface area (Å²) in [6.07, 6.45) is 0. The summed E-state index contributed by atoms with van der Waals surface area (Å²) in [4.78, 5) is 2.41. The Hall–Kier alpha value is -3.66. The zero-order valence-corrected chi connectivity index (χ0v) is 23.0. The van der Waals surface area contributed by atoms with Crippen LogP contribution >= 0.6 is 31.9 Å². The zero-order chi connectivity index (χ0) is 24.9. The molecule has 0 unspecified atom stereocenters. The molecule has 0 spiro atoms. The van der Waals surface area contributed by atoms with Crippen LogP contribution in [0.25, 0.3) is 44.2 Å². The van der Waals surface area contributed by atoms with Gasteiger partial charge in [0.25, 0.3) is 0 Å². The number of rotatable bonds is 3. The van der Waals surface area contributed by atoms with E-state index in [4.69, 9.17) is 0 Å². The van der Waals surface area contributed by atoms with Gasteiger partial charge in [0, 0.05) is 25.6 Å². The van der Waals surface area contributed by atoms with Crippen LogP contribution in [0.15, 0.2) is 136 Å². The predicted octanol–water partition coefficient (Wildman–Crippen LogP) is 11.1. The molecule has 0 fully saturated rings. The number of nitrogens with zero attached hydrogens (tertiary/aromatic N) is 1. The molecule has 0 amide bonds. The van der Waals surface area contributed by atoms with Crippen molar-refractivity contribution in [2.24, 2.45) is 0 Å². The third-order valence-electron chi connectivity index (χ3n) is 7.08. The summed E-state index contributed by atoms with van der Waals surface area (Å²) in [5.74, 6) is 0. The van der Waals surface area contributed by atoms with Crippen LogP contribution in [-0.4, -0.2) is 0 Å². The lowest BCUT2D eigenvalue weighted by Gasteiger charge is -2.34. The van der Waals surface area contributed by atoms with Crippen molar-refractivity contribution < 1.29 is 0 Å². The Morgan fingerprint density at radius 1 is 0.432 bits per heavy atom. The molecular weight excluding hydrogens is 582 g/mol. The lowest BCUT2D eigenvalue weighted by molar-refractivity contribution is 1.28. The molecule has 6 aromatic carbocycles. The van der Waals surface area contributed by atoms with E-state index in [1.54, 1.807) is 0 Å². The van der Waals surface area contributed by atoms with Gasteiger partial charge in [-0.1, -0.05) is 117 Å². The lowest BCUT2D eigenvalue weighted by Crippen LogP contribution is -2.15. The molecule has 7 rings (SSSR count). The smallest absolute Gasteiger partial charge is 0.0546 e. The average Bonchev–Trinajstić information content (AvgIpc) is 2.93. The van der Waals surface area contributed by atoms with E-state index >= 15 is 0 Å². The van der Waals surface area contributed by atoms with Gasteiger partial charge < -0.3 is 4.90 Å². The molecule has 0 saturated carbocycles. The molecule has 3 heteroatoms. The molecule has 6 aromatic rings. The maximum absolute atomic E-state index is 3.66. The van der Waals surface area contributed by atoms with Crippen LogP contribution in [0.3, 0.4) is 0 Å². The van der Waals surface area contributed by atoms with Crippen LogP contribution in [0.5, 0.6) is 0 Å². The van der Waals surface area contributed by atoms with Crippen LogP contribution in [-0.2, 0) is 0 Å². The van der Waals surface area contributed by atoms with Crippen molar-refractivity contribution in [2.45, 2.75) is 0 Å². The summed E-state index contributed by atoms with van der Waals surface area (Å²) >= 11 is 7.32. The second-order valence-corrected chi connectivity index (χ2v) is 11.2. The summed E-state index contributed by atoms with van der Waals surface area (Å²) in [5.41, 5.74) is 10.9. The molecule has 1 aliphatic rings. The molecule has 0 atom stereocenters. The number of halogens is 2. The summed E-state index contributed by atoms with van der Waals surface area (Å²) in [7, 11) is 0. The number of hydrogen-bond donors (Lipinski definition) is 0. The number of anilines is 3. The lowest BCUT2D eigenvalue weighted by atomic mass is 9.89. The van der Waals surface area contributed by atoms with Gasteiger partial charge >= 0.3 is 0 Å². The number of benzene rings is 6. The first-order valence-corrected chi connectivity index (χ1v) is 13.8. The van der Waals surface area contributed by atoms with Crippen molar-refractivity contribution in [1.82, 2.24) is 0 Å². The van der Waals surface area contributed by atoms with Gasteiger partial charge in [0.1, 0.15) is 0 Å². The molecule has 1 nitrogen and oxygen atoms in total. The van der Waals surface area contributed by atoms with E-state index in [1.807, 2.05) is 0 Å². The van der Waals surface area contributed by atoms with Crippen LogP contribution in [0.2, 0.25) is 0 Å². The first-order valence-electron chi connectivity index (χ1n) is 12.2. The minimum absolute atomic E-state index is 1.05. The van der Waals surface area contributed by atoms with Crippen LogP contribution < -0.4 is 4.90 Å². The molecule has 0 aromatic heterocycles. The molecule has 176 valence electrons. The predicted molar refractivity (Wildman–Crippen MR) is 164 cm³/mol. The monoisotopic (exact) mass is 601 g/mol. The molecule has 0 aliphatic carbocycles. The SMILES string of the molecule is Brc1cc(Br)cc(-c2ccc3c(c2)N(c2ccc(-c4ccccc4)cc2)c2cccc4cccc-3c24)c1. The van der Waals surface area contributed by atoms with Gasteiger partial charge in [-0.3, -0.25) is 0 Å². The minimum Gasteiger partial charge on any atom is -0.309 e. The van der Waals surface area contributed by atoms with Crippen LogP contribution in [0.4, 0.5) is 17.1 Å². The summed E-state index contributed by atoms with van der Waals surface area (Å²) in [5, 5.41) is 2.55. The van der Waals surface area contributed by atoms with Gasteiger partial charge in [-0.15, -0.1) is 0 Å². The van der Waals surface area contributed by atoms with E-state index < -0.39 is 0 Å². The molecule has 1 heterocycles. The molecule has 37 heavy (non-hydrogen) atoms. The van der Waals surface area contributed by atoms with E-state index in [2.05, 4.69) is 164 Å². The number of fused-ring (bicyclic) bond motifs is 2. The Bertz CT molecular complexity index is 1760. The van der Waals surface area contributed by atoms with Crippen molar-refractivity contribution in [2.75, 3.05) is 4.90 Å². The fourth-order valence-electron chi connectivity index (χ4n) is 5.42. The van der Waals surface area contributed by atoms with Gasteiger partial charge in [0.05, 0.1) is 11.4 Å². The largest absolute Gasteiger partial charge is 0.309 e. The van der Waals surface area contributed by atoms with Gasteiger partial charge in [0.2, 0.25) is 0 Å². The Morgan fingerprint density at radius 3 is 1.86 bits per heavy atom. The van der Waals surface area contributed by atoms with Crippen molar-refractivity contribution >= 4 is 59.7 Å². The molecule has 0 radical (unpaired) electrons. The highest BCUT2D eigenvalue weighted by Crippen LogP contribution is 2.51. The third kappa shape index (κ3) is 3.90. The Labute approximate surface area is 233 Å². The molecule has 0 bridgehead atoms. The van der Waals surface area contributed by atoms with Gasteiger partial charge in [-0.25, -0.2) is 0 Å². The van der Waals surface area contributed by atoms with E-state index in [0.29, 0.717) is 0 Å². The highest BCUT2D eigenvalue weighted by atomic mass is 79.9. The fourth-order valence-corrected chi connectivity index (χ4v) is 6.71. The first-order chi connectivity index (χ1) is 18.2. The third-order valence-corrected chi connectivity index (χ3v) is 8.00. The van der Waals surface area contributed by atoms with Crippen LogP contribution in [0, 0.1) is 0 Å². The highest BCUT2D eigenvalue weighted by Gasteiger charge is 2.26. The molecule has 1 aliphatic heterocycles. The highest BCUT2D eigenvalue weighted by molar-refractivity contribution is 9.11. The molecular formula is C34H21Br2N. The zero-order valence-electron chi connectivity index (χ0n) is 19.8. The van der Waals surface area contributed by atoms with Crippen molar-refractivity contribution in [3.8, 4) is 33.4 Å². The van der Waals surface area contributed by atoms with E-state index in [9.17, 15) is 0 Å². The minimum atomic E-state index is 1.05. The van der Waals surface area contributed by atoms with E-state index in [-0.39, 0.29) is 0 Å². The standard InChI is InChI=1S/C34H21Br2N/c35-27-18-26(19-28(36)21-27)25-14-17-30-31-10-4-8-24-9-5-11-32(34(24)31)37(33(30)20-25)29-15-12-23(13-16-29)22-6-2-1-3-7-22/h1-21H. The second kappa shape index (κ2) is 9.02. The van der Waals surface area contributed by atoms with Gasteiger partial charge in [-0.2, -0.15) is 0 Å². The first kappa shape index (κ1) is 22.5. The van der Waals surface area contributed by atoms with Gasteiger partial charge in [-0.05, 0) is 75.7 Å². The molecule has 0 saturated heterocycles. The van der Waals surface area contributed by atoms with Crippen molar-refractivity contribution in [3.05, 3.63) is 136 Å². The maximum Gasteiger partial charge on any atom is 0.0546 e. The van der Waals surface area contributed by atoms with Gasteiger partial charge in [0.15, 0.2) is 0 Å². The number of hydrogen-bond acceptors (Lipinski definition) is 1. The fraction of sp³-hybridized carbons (Fsp3) is 0. The Kier molecular flexibility index (Phi) is 5.49. The van der Waals surface area contributed by atoms with Crippen LogP contribution in [0.1, 0.15) is 0 Å². The van der Waals surface area contributed by atoms with E-state index in [1.165, 1.54) is 55.5 Å². The summed E-state index contributed by atoms with van der Waals surface area (Å²) in [6, 6.07) is 45.9. The molecule has 0 N–H and O–H groups in total. The quantitative estimate of drug-likeness (QED) is 0.194. The maximum atomic E-state index is 3.66. The topological polar surface area (TPSA) is 3.24 Å². The average molecular weight is 603 g/mol. The van der Waals surface area contributed by atoms with Crippen molar-refractivity contribution in [1.29, 1.82) is 0 Å².